The summed E-state index contributed by atoms with van der Waals surface area (Å²) in [7, 11) is 0. The van der Waals surface area contributed by atoms with Crippen LogP contribution < -0.4 is 11.2 Å². The second kappa shape index (κ2) is 5.41. The van der Waals surface area contributed by atoms with E-state index in [1.807, 2.05) is 6.07 Å². The van der Waals surface area contributed by atoms with Gasteiger partial charge in [-0.15, -0.1) is 0 Å². The van der Waals surface area contributed by atoms with Crippen molar-refractivity contribution in [3.63, 3.8) is 0 Å². The fourth-order valence-electron chi connectivity index (χ4n) is 1.24. The molecule has 0 aliphatic carbocycles. The summed E-state index contributed by atoms with van der Waals surface area (Å²) in [5.74, 6) is -1.05. The van der Waals surface area contributed by atoms with Gasteiger partial charge in [-0.05, 0) is 18.6 Å². The van der Waals surface area contributed by atoms with Crippen LogP contribution in [0.5, 0.6) is 0 Å². The molecule has 1 aromatic carbocycles. The number of amidine groups is 1. The van der Waals surface area contributed by atoms with Crippen molar-refractivity contribution in [2.75, 3.05) is 5.43 Å². The summed E-state index contributed by atoms with van der Waals surface area (Å²) < 4.78 is 13.2. The number of halogens is 1. The van der Waals surface area contributed by atoms with Gasteiger partial charge in [-0.1, -0.05) is 0 Å². The summed E-state index contributed by atoms with van der Waals surface area (Å²) in [6.07, 6.45) is 0. The number of nitriles is 2. The zero-order valence-electron chi connectivity index (χ0n) is 9.45. The minimum absolute atomic E-state index is 0.115. The molecule has 0 unspecified atom stereocenters. The molecule has 0 aliphatic heterocycles. The molecule has 0 aromatic heterocycles. The fraction of sp³-hybridized carbons (Fsp3) is 0.0909. The molecule has 7 heteroatoms. The summed E-state index contributed by atoms with van der Waals surface area (Å²) in [5, 5.41) is 28.1. The Bertz CT molecular complexity index is 605. The second-order valence-electron chi connectivity index (χ2n) is 3.35. The summed E-state index contributed by atoms with van der Waals surface area (Å²) in [4.78, 5) is 0. The molecule has 18 heavy (non-hydrogen) atoms. The molecule has 4 N–H and O–H groups in total. The van der Waals surface area contributed by atoms with Crippen molar-refractivity contribution in [1.29, 1.82) is 15.9 Å². The van der Waals surface area contributed by atoms with Gasteiger partial charge in [0.15, 0.2) is 5.84 Å². The SMILES string of the molecule is Cc1cc(F)cc(N/N=C(\C#N)C(=N)N)c1C#N. The number of hydrogen-bond donors (Lipinski definition) is 3. The molecule has 0 spiro atoms. The van der Waals surface area contributed by atoms with Gasteiger partial charge in [-0.25, -0.2) is 4.39 Å². The lowest BCUT2D eigenvalue weighted by Gasteiger charge is -2.06. The molecule has 1 rings (SSSR count). The maximum atomic E-state index is 13.2. The van der Waals surface area contributed by atoms with Crippen molar-refractivity contribution in [2.24, 2.45) is 10.8 Å². The Morgan fingerprint density at radius 3 is 2.67 bits per heavy atom. The highest BCUT2D eigenvalue weighted by Gasteiger charge is 2.08. The Labute approximate surface area is 103 Å². The molecule has 6 nitrogen and oxygen atoms in total. The highest BCUT2D eigenvalue weighted by molar-refractivity contribution is 6.45. The summed E-state index contributed by atoms with van der Waals surface area (Å²) in [6.45, 7) is 1.58. The van der Waals surface area contributed by atoms with Crippen LogP contribution in [0.4, 0.5) is 10.1 Å². The average Bonchev–Trinajstić information content (AvgIpc) is 2.28. The Balaban J connectivity index is 3.17. The number of nitrogens with one attached hydrogen (secondary N) is 2. The van der Waals surface area contributed by atoms with Gasteiger partial charge in [0.2, 0.25) is 5.71 Å². The third kappa shape index (κ3) is 2.80. The number of benzene rings is 1. The maximum absolute atomic E-state index is 13.2. The van der Waals surface area contributed by atoms with E-state index in [0.717, 1.165) is 6.07 Å². The number of hydrazone groups is 1. The summed E-state index contributed by atoms with van der Waals surface area (Å²) in [5.41, 5.74) is 7.87. The topological polar surface area (TPSA) is 122 Å². The zero-order valence-corrected chi connectivity index (χ0v) is 9.45. The van der Waals surface area contributed by atoms with Crippen LogP contribution >= 0.6 is 0 Å². The number of rotatable bonds is 3. The minimum atomic E-state index is -0.537. The van der Waals surface area contributed by atoms with Gasteiger partial charge in [-0.2, -0.15) is 15.6 Å². The van der Waals surface area contributed by atoms with E-state index in [9.17, 15) is 4.39 Å². The standard InChI is InChI=1S/C11H9FN6/c1-6-2-7(12)3-9(8(6)4-13)17-18-10(5-14)11(15)16/h2-3,17H,1H3,(H3,15,16)/b18-10+. The molecule has 0 amide bonds. The molecule has 0 saturated carbocycles. The quantitative estimate of drug-likeness (QED) is 0.420. The fourth-order valence-corrected chi connectivity index (χ4v) is 1.24. The van der Waals surface area contributed by atoms with Crippen LogP contribution in [0.15, 0.2) is 17.2 Å². The number of aryl methyl sites for hydroxylation is 1. The lowest BCUT2D eigenvalue weighted by atomic mass is 10.1. The highest BCUT2D eigenvalue weighted by atomic mass is 19.1. The van der Waals surface area contributed by atoms with Crippen LogP contribution in [0.3, 0.4) is 0 Å². The van der Waals surface area contributed by atoms with Crippen molar-refractivity contribution in [3.05, 3.63) is 29.1 Å². The summed E-state index contributed by atoms with van der Waals surface area (Å²) >= 11 is 0. The molecule has 0 saturated heterocycles. The van der Waals surface area contributed by atoms with Crippen molar-refractivity contribution >= 4 is 17.2 Å². The third-order valence-corrected chi connectivity index (χ3v) is 2.06. The van der Waals surface area contributed by atoms with Gasteiger partial charge in [0.1, 0.15) is 18.0 Å². The normalized spacial score (nSPS) is 10.3. The number of nitrogens with two attached hydrogens (primary N) is 1. The largest absolute Gasteiger partial charge is 0.382 e. The Morgan fingerprint density at radius 2 is 2.17 bits per heavy atom. The van der Waals surface area contributed by atoms with E-state index in [1.165, 1.54) is 6.07 Å². The summed E-state index contributed by atoms with van der Waals surface area (Å²) in [6, 6.07) is 5.78. The average molecular weight is 244 g/mol. The lowest BCUT2D eigenvalue weighted by molar-refractivity contribution is 0.627. The maximum Gasteiger partial charge on any atom is 0.201 e. The van der Waals surface area contributed by atoms with Gasteiger partial charge in [0.25, 0.3) is 0 Å². The van der Waals surface area contributed by atoms with Gasteiger partial charge >= 0.3 is 0 Å². The monoisotopic (exact) mass is 244 g/mol. The first kappa shape index (κ1) is 13.1. The number of nitrogens with zero attached hydrogens (tertiary/aromatic N) is 3. The van der Waals surface area contributed by atoms with E-state index < -0.39 is 11.7 Å². The molecule has 0 radical (unpaired) electrons. The van der Waals surface area contributed by atoms with Gasteiger partial charge in [0, 0.05) is 6.07 Å². The van der Waals surface area contributed by atoms with Crippen LogP contribution in [0.2, 0.25) is 0 Å². The smallest absolute Gasteiger partial charge is 0.201 e. The van der Waals surface area contributed by atoms with Gasteiger partial charge in [0.05, 0.1) is 11.3 Å². The molecule has 0 fully saturated rings. The first-order valence-electron chi connectivity index (χ1n) is 4.78. The molecule has 0 atom stereocenters. The first-order valence-corrected chi connectivity index (χ1v) is 4.78. The first-order chi connectivity index (χ1) is 8.49. The van der Waals surface area contributed by atoms with Crippen molar-refractivity contribution in [3.8, 4) is 12.1 Å². The zero-order chi connectivity index (χ0) is 13.7. The molecular formula is C11H9FN6. The predicted octanol–water partition coefficient (Wildman–Crippen LogP) is 1.23. The van der Waals surface area contributed by atoms with Crippen molar-refractivity contribution in [2.45, 2.75) is 6.92 Å². The second-order valence-corrected chi connectivity index (χ2v) is 3.35. The lowest BCUT2D eigenvalue weighted by Crippen LogP contribution is -2.22. The Morgan fingerprint density at radius 1 is 1.50 bits per heavy atom. The van der Waals surface area contributed by atoms with E-state index in [2.05, 4.69) is 10.5 Å². The third-order valence-electron chi connectivity index (χ3n) is 2.06. The molecular weight excluding hydrogens is 235 g/mol. The molecule has 0 aliphatic rings. The van der Waals surface area contributed by atoms with Crippen LogP contribution in [-0.4, -0.2) is 11.5 Å². The highest BCUT2D eigenvalue weighted by Crippen LogP contribution is 2.20. The van der Waals surface area contributed by atoms with E-state index in [0.29, 0.717) is 5.56 Å². The number of hydrogen-bond acceptors (Lipinski definition) is 5. The van der Waals surface area contributed by atoms with Crippen LogP contribution in [-0.2, 0) is 0 Å². The van der Waals surface area contributed by atoms with E-state index in [1.54, 1.807) is 13.0 Å². The minimum Gasteiger partial charge on any atom is -0.382 e. The van der Waals surface area contributed by atoms with E-state index >= 15 is 0 Å². The Kier molecular flexibility index (Phi) is 3.95. The van der Waals surface area contributed by atoms with Crippen LogP contribution in [0, 0.1) is 40.8 Å². The van der Waals surface area contributed by atoms with Crippen LogP contribution in [0.25, 0.3) is 0 Å². The predicted molar refractivity (Wildman–Crippen MR) is 64.4 cm³/mol. The molecule has 0 bridgehead atoms. The van der Waals surface area contributed by atoms with Crippen molar-refractivity contribution in [1.82, 2.24) is 0 Å². The van der Waals surface area contributed by atoms with E-state index in [4.69, 9.17) is 21.7 Å². The molecule has 0 heterocycles. The Hall–Kier alpha value is -2.93. The van der Waals surface area contributed by atoms with Gasteiger partial charge < -0.3 is 5.73 Å². The molecule has 90 valence electrons. The van der Waals surface area contributed by atoms with Crippen LogP contribution in [0.1, 0.15) is 11.1 Å². The van der Waals surface area contributed by atoms with Gasteiger partial charge in [-0.3, -0.25) is 10.8 Å². The van der Waals surface area contributed by atoms with Crippen molar-refractivity contribution < 1.29 is 4.39 Å². The molecule has 1 aromatic rings. The number of anilines is 1. The van der Waals surface area contributed by atoms with E-state index in [-0.39, 0.29) is 17.0 Å².